The standard InChI is InChI=1S/C24H34F3NO4/c1-3-4-5-6-7-8-9-10-15-32-24(30)17-11-13-28(14-12-17)23(29)18-16-19(25)21(27)22(31-2)20(18)26/h16-17H,3-15H2,1-2H3. The Morgan fingerprint density at radius 1 is 0.969 bits per heavy atom. The molecule has 0 unspecified atom stereocenters. The Labute approximate surface area is 188 Å². The molecule has 1 aliphatic heterocycles. The van der Waals surface area contributed by atoms with E-state index in [9.17, 15) is 22.8 Å². The van der Waals surface area contributed by atoms with Gasteiger partial charge < -0.3 is 14.4 Å². The Hall–Kier alpha value is -2.25. The van der Waals surface area contributed by atoms with E-state index in [4.69, 9.17) is 4.74 Å². The maximum absolute atomic E-state index is 14.4. The van der Waals surface area contributed by atoms with Crippen molar-refractivity contribution in [3.63, 3.8) is 0 Å². The summed E-state index contributed by atoms with van der Waals surface area (Å²) in [4.78, 5) is 26.2. The van der Waals surface area contributed by atoms with Crippen LogP contribution in [0.2, 0.25) is 0 Å². The molecule has 0 saturated carbocycles. The molecule has 1 fully saturated rings. The summed E-state index contributed by atoms with van der Waals surface area (Å²) in [7, 11) is 1.000. The minimum atomic E-state index is -1.47. The lowest BCUT2D eigenvalue weighted by Gasteiger charge is -2.31. The smallest absolute Gasteiger partial charge is 0.309 e. The number of benzene rings is 1. The fraction of sp³-hybridized carbons (Fsp3) is 0.667. The number of carbonyl (C=O) groups is 2. The molecule has 0 atom stereocenters. The first-order valence-electron chi connectivity index (χ1n) is 11.6. The molecule has 1 amide bonds. The fourth-order valence-corrected chi connectivity index (χ4v) is 3.93. The summed E-state index contributed by atoms with van der Waals surface area (Å²) < 4.78 is 51.6. The molecule has 0 aliphatic carbocycles. The van der Waals surface area contributed by atoms with Crippen LogP contribution in [0.15, 0.2) is 6.07 Å². The van der Waals surface area contributed by atoms with Crippen molar-refractivity contribution in [2.24, 2.45) is 5.92 Å². The summed E-state index contributed by atoms with van der Waals surface area (Å²) >= 11 is 0. The molecule has 1 aliphatic rings. The van der Waals surface area contributed by atoms with Crippen LogP contribution >= 0.6 is 0 Å². The zero-order chi connectivity index (χ0) is 23.5. The highest BCUT2D eigenvalue weighted by molar-refractivity contribution is 5.95. The monoisotopic (exact) mass is 457 g/mol. The molecule has 0 aromatic heterocycles. The quantitative estimate of drug-likeness (QED) is 0.231. The first-order valence-corrected chi connectivity index (χ1v) is 11.6. The summed E-state index contributed by atoms with van der Waals surface area (Å²) in [6.07, 6.45) is 10.1. The van der Waals surface area contributed by atoms with Crippen LogP contribution in [0, 0.1) is 23.4 Å². The highest BCUT2D eigenvalue weighted by atomic mass is 19.2. The zero-order valence-electron chi connectivity index (χ0n) is 19.1. The molecule has 1 aromatic rings. The SMILES string of the molecule is CCCCCCCCCCOC(=O)C1CCN(C(=O)c2cc(F)c(F)c(OC)c2F)CC1. The third-order valence-corrected chi connectivity index (χ3v) is 5.91. The van der Waals surface area contributed by atoms with Crippen molar-refractivity contribution >= 4 is 11.9 Å². The van der Waals surface area contributed by atoms with Gasteiger partial charge in [-0.2, -0.15) is 4.39 Å². The van der Waals surface area contributed by atoms with E-state index >= 15 is 0 Å². The Balaban J connectivity index is 1.73. The molecule has 5 nitrogen and oxygen atoms in total. The molecule has 1 saturated heterocycles. The Kier molecular flexibility index (Phi) is 10.8. The minimum absolute atomic E-state index is 0.205. The molecule has 0 bridgehead atoms. The number of likely N-dealkylation sites (tertiary alicyclic amines) is 1. The van der Waals surface area contributed by atoms with Crippen molar-refractivity contribution in [1.82, 2.24) is 4.90 Å². The normalized spacial score (nSPS) is 14.5. The minimum Gasteiger partial charge on any atom is -0.491 e. The van der Waals surface area contributed by atoms with E-state index in [1.54, 1.807) is 0 Å². The van der Waals surface area contributed by atoms with Gasteiger partial charge in [0.1, 0.15) is 0 Å². The van der Waals surface area contributed by atoms with E-state index in [0.29, 0.717) is 25.5 Å². The van der Waals surface area contributed by atoms with Gasteiger partial charge >= 0.3 is 5.97 Å². The second-order valence-electron chi connectivity index (χ2n) is 8.28. The van der Waals surface area contributed by atoms with Crippen molar-refractivity contribution < 1.29 is 32.2 Å². The summed E-state index contributed by atoms with van der Waals surface area (Å²) in [6.45, 7) is 3.00. The summed E-state index contributed by atoms with van der Waals surface area (Å²) in [6, 6.07) is 0.541. The molecule has 8 heteroatoms. The van der Waals surface area contributed by atoms with E-state index in [-0.39, 0.29) is 25.0 Å². The molecular weight excluding hydrogens is 423 g/mol. The van der Waals surface area contributed by atoms with Crippen LogP contribution in [0.4, 0.5) is 13.2 Å². The highest BCUT2D eigenvalue weighted by Crippen LogP contribution is 2.29. The van der Waals surface area contributed by atoms with Crippen LogP contribution in [-0.4, -0.2) is 43.6 Å². The molecule has 2 rings (SSSR count). The van der Waals surface area contributed by atoms with Crippen LogP contribution < -0.4 is 4.74 Å². The van der Waals surface area contributed by atoms with Crippen molar-refractivity contribution in [2.75, 3.05) is 26.8 Å². The molecule has 1 heterocycles. The van der Waals surface area contributed by atoms with Gasteiger partial charge in [0.15, 0.2) is 17.4 Å². The van der Waals surface area contributed by atoms with Crippen molar-refractivity contribution in [3.05, 3.63) is 29.1 Å². The molecule has 0 spiro atoms. The second-order valence-corrected chi connectivity index (χ2v) is 8.28. The molecule has 0 N–H and O–H groups in total. The van der Waals surface area contributed by atoms with Crippen LogP contribution in [0.3, 0.4) is 0 Å². The average Bonchev–Trinajstić information content (AvgIpc) is 2.80. The van der Waals surface area contributed by atoms with Gasteiger partial charge in [0.25, 0.3) is 5.91 Å². The maximum atomic E-state index is 14.4. The van der Waals surface area contributed by atoms with E-state index in [1.165, 1.54) is 37.0 Å². The number of piperidine rings is 1. The third-order valence-electron chi connectivity index (χ3n) is 5.91. The summed E-state index contributed by atoms with van der Waals surface area (Å²) in [5, 5.41) is 0. The number of nitrogens with zero attached hydrogens (tertiary/aromatic N) is 1. The van der Waals surface area contributed by atoms with Gasteiger partial charge in [-0.25, -0.2) is 8.78 Å². The van der Waals surface area contributed by atoms with Gasteiger partial charge in [0.05, 0.1) is 25.2 Å². The summed E-state index contributed by atoms with van der Waals surface area (Å²) in [5.41, 5.74) is -0.587. The number of hydrogen-bond donors (Lipinski definition) is 0. The van der Waals surface area contributed by atoms with E-state index in [2.05, 4.69) is 11.7 Å². The number of esters is 1. The van der Waals surface area contributed by atoms with Gasteiger partial charge in [0, 0.05) is 13.1 Å². The Morgan fingerprint density at radius 2 is 1.56 bits per heavy atom. The predicted molar refractivity (Wildman–Crippen MR) is 115 cm³/mol. The maximum Gasteiger partial charge on any atom is 0.309 e. The fourth-order valence-electron chi connectivity index (χ4n) is 3.93. The Morgan fingerprint density at radius 3 is 2.16 bits per heavy atom. The first kappa shape index (κ1) is 26.0. The number of methoxy groups -OCH3 is 1. The van der Waals surface area contributed by atoms with Crippen LogP contribution in [0.5, 0.6) is 5.75 Å². The number of halogens is 3. The van der Waals surface area contributed by atoms with Crippen molar-refractivity contribution in [2.45, 2.75) is 71.1 Å². The predicted octanol–water partition coefficient (Wildman–Crippen LogP) is 5.65. The topological polar surface area (TPSA) is 55.8 Å². The van der Waals surface area contributed by atoms with E-state index in [0.717, 1.165) is 26.4 Å². The number of amides is 1. The summed E-state index contributed by atoms with van der Waals surface area (Å²) in [5.74, 6) is -6.34. The Bertz CT molecular complexity index is 764. The van der Waals surface area contributed by atoms with Gasteiger partial charge in [-0.05, 0) is 25.3 Å². The highest BCUT2D eigenvalue weighted by Gasteiger charge is 2.31. The van der Waals surface area contributed by atoms with Gasteiger partial charge in [-0.15, -0.1) is 0 Å². The number of rotatable bonds is 12. The third kappa shape index (κ3) is 7.14. The molecule has 180 valence electrons. The molecule has 0 radical (unpaired) electrons. The number of carbonyl (C=O) groups excluding carboxylic acids is 2. The second kappa shape index (κ2) is 13.3. The molecular formula is C24H34F3NO4. The lowest BCUT2D eigenvalue weighted by atomic mass is 9.96. The zero-order valence-corrected chi connectivity index (χ0v) is 19.1. The average molecular weight is 458 g/mol. The number of hydrogen-bond acceptors (Lipinski definition) is 4. The van der Waals surface area contributed by atoms with Crippen molar-refractivity contribution in [3.8, 4) is 5.75 Å². The number of unbranched alkanes of at least 4 members (excludes halogenated alkanes) is 7. The van der Waals surface area contributed by atoms with Gasteiger partial charge in [-0.3, -0.25) is 9.59 Å². The lowest BCUT2D eigenvalue weighted by molar-refractivity contribution is -0.150. The van der Waals surface area contributed by atoms with E-state index < -0.39 is 34.7 Å². The van der Waals surface area contributed by atoms with Crippen LogP contribution in [-0.2, 0) is 9.53 Å². The van der Waals surface area contributed by atoms with Crippen LogP contribution in [0.1, 0.15) is 81.5 Å². The van der Waals surface area contributed by atoms with Crippen LogP contribution in [0.25, 0.3) is 0 Å². The van der Waals surface area contributed by atoms with E-state index in [1.807, 2.05) is 0 Å². The lowest BCUT2D eigenvalue weighted by Crippen LogP contribution is -2.41. The molecule has 32 heavy (non-hydrogen) atoms. The first-order chi connectivity index (χ1) is 15.4. The largest absolute Gasteiger partial charge is 0.491 e. The number of ether oxygens (including phenoxy) is 2. The van der Waals surface area contributed by atoms with Gasteiger partial charge in [-0.1, -0.05) is 51.9 Å². The van der Waals surface area contributed by atoms with Gasteiger partial charge in [0.2, 0.25) is 5.82 Å². The van der Waals surface area contributed by atoms with Crippen molar-refractivity contribution in [1.29, 1.82) is 0 Å². The molecule has 1 aromatic carbocycles.